The van der Waals surface area contributed by atoms with E-state index < -0.39 is 23.5 Å². The first-order chi connectivity index (χ1) is 15.1. The van der Waals surface area contributed by atoms with Crippen molar-refractivity contribution in [3.05, 3.63) is 46.3 Å². The van der Waals surface area contributed by atoms with Crippen molar-refractivity contribution in [3.63, 3.8) is 0 Å². The van der Waals surface area contributed by atoms with E-state index in [1.165, 1.54) is 18.2 Å². The number of aromatic nitrogens is 2. The van der Waals surface area contributed by atoms with Gasteiger partial charge in [-0.15, -0.1) is 0 Å². The van der Waals surface area contributed by atoms with Crippen molar-refractivity contribution in [2.75, 3.05) is 5.32 Å². The van der Waals surface area contributed by atoms with Crippen molar-refractivity contribution in [3.8, 4) is 0 Å². The number of halogens is 5. The van der Waals surface area contributed by atoms with Crippen molar-refractivity contribution in [2.45, 2.75) is 62.8 Å². The number of hydrogen-bond donors (Lipinski definition) is 2. The second-order valence-corrected chi connectivity index (χ2v) is 9.63. The van der Waals surface area contributed by atoms with E-state index in [0.29, 0.717) is 36.5 Å². The zero-order valence-corrected chi connectivity index (χ0v) is 17.8. The summed E-state index contributed by atoms with van der Waals surface area (Å²) in [5.41, 5.74) is -1.26. The van der Waals surface area contributed by atoms with Gasteiger partial charge in [-0.2, -0.15) is 13.2 Å². The Kier molecular flexibility index (Phi) is 5.05. The van der Waals surface area contributed by atoms with E-state index in [2.05, 4.69) is 5.32 Å². The Morgan fingerprint density at radius 2 is 1.94 bits per heavy atom. The number of aliphatic hydroxyl groups is 1. The molecule has 3 aliphatic rings. The van der Waals surface area contributed by atoms with Gasteiger partial charge >= 0.3 is 6.18 Å². The Balaban J connectivity index is 1.40. The van der Waals surface area contributed by atoms with Crippen LogP contribution in [-0.4, -0.2) is 32.3 Å². The van der Waals surface area contributed by atoms with Crippen LogP contribution in [0.1, 0.15) is 60.0 Å². The number of carbonyl (C=O) groups excluding carboxylic acids is 1. The number of rotatable bonds is 3. The van der Waals surface area contributed by atoms with Crippen molar-refractivity contribution >= 4 is 23.2 Å². The molecular weight excluding hydrogens is 450 g/mol. The predicted molar refractivity (Wildman–Crippen MR) is 109 cm³/mol. The molecule has 2 fully saturated rings. The lowest BCUT2D eigenvalue weighted by atomic mass is 9.92. The van der Waals surface area contributed by atoms with Crippen LogP contribution >= 0.6 is 11.6 Å². The Hall–Kier alpha value is -2.13. The number of nitrogens with zero attached hydrogens (tertiary/aromatic N) is 2. The van der Waals surface area contributed by atoms with Gasteiger partial charge in [0.05, 0.1) is 10.7 Å². The molecule has 1 aromatic heterocycles. The van der Waals surface area contributed by atoms with Gasteiger partial charge in [0.25, 0.3) is 5.91 Å². The normalized spacial score (nSPS) is 29.2. The smallest absolute Gasteiger partial charge is 0.380 e. The van der Waals surface area contributed by atoms with Gasteiger partial charge in [0.15, 0.2) is 5.60 Å². The highest BCUT2D eigenvalue weighted by atomic mass is 35.5. The number of amides is 1. The molecule has 1 aliphatic heterocycles. The van der Waals surface area contributed by atoms with Crippen molar-refractivity contribution in [1.82, 2.24) is 9.55 Å². The lowest BCUT2D eigenvalue weighted by Gasteiger charge is -2.27. The van der Waals surface area contributed by atoms with Crippen LogP contribution in [0.5, 0.6) is 0 Å². The molecule has 2 unspecified atom stereocenters. The molecule has 2 aliphatic carbocycles. The molecule has 5 rings (SSSR count). The number of alkyl halides is 3. The van der Waals surface area contributed by atoms with E-state index in [9.17, 15) is 27.5 Å². The summed E-state index contributed by atoms with van der Waals surface area (Å²) in [4.78, 5) is 17.9. The molecule has 2 heterocycles. The average molecular weight is 472 g/mol. The molecule has 32 heavy (non-hydrogen) atoms. The lowest BCUT2D eigenvalue weighted by molar-refractivity contribution is -0.259. The van der Waals surface area contributed by atoms with Crippen molar-refractivity contribution in [1.29, 1.82) is 0 Å². The summed E-state index contributed by atoms with van der Waals surface area (Å²) >= 11 is 5.82. The first kappa shape index (κ1) is 21.7. The Bertz CT molecular complexity index is 1070. The molecule has 1 aromatic carbocycles. The molecule has 2 N–H and O–H groups in total. The Morgan fingerprint density at radius 3 is 2.56 bits per heavy atom. The maximum Gasteiger partial charge on any atom is 0.417 e. The van der Waals surface area contributed by atoms with Gasteiger partial charge in [0, 0.05) is 24.6 Å². The summed E-state index contributed by atoms with van der Waals surface area (Å²) in [6.45, 7) is 0.642. The molecule has 0 bridgehead atoms. The quantitative estimate of drug-likeness (QED) is 0.614. The van der Waals surface area contributed by atoms with Gasteiger partial charge in [0.2, 0.25) is 0 Å². The van der Waals surface area contributed by atoms with E-state index in [-0.39, 0.29) is 35.6 Å². The highest BCUT2D eigenvalue weighted by molar-refractivity contribution is 6.31. The zero-order valence-electron chi connectivity index (χ0n) is 17.1. The fraction of sp³-hybridized carbons (Fsp3) is 0.545. The standard InChI is InChI=1S/C22H22ClF4N3O2/c23-15-8-14(3-4-16(15)24)28-20(31)19-18(29-17-2-1-5-30(17)19)11-6-12-9-21(32,22(25,26)27)10-13(12)7-11/h3-4,8,11-13,32H,1-2,5-7,9-10H2,(H,28,31). The van der Waals surface area contributed by atoms with Gasteiger partial charge in [-0.1, -0.05) is 11.6 Å². The number of anilines is 1. The Labute approximate surface area is 186 Å². The number of nitrogens with one attached hydrogen (secondary N) is 1. The zero-order chi connectivity index (χ0) is 22.8. The molecule has 2 saturated carbocycles. The molecule has 2 atom stereocenters. The molecule has 5 nitrogen and oxygen atoms in total. The van der Waals surface area contributed by atoms with Crippen molar-refractivity contribution < 1.29 is 27.5 Å². The van der Waals surface area contributed by atoms with Gasteiger partial charge < -0.3 is 15.0 Å². The summed E-state index contributed by atoms with van der Waals surface area (Å²) in [6, 6.07) is 3.91. The van der Waals surface area contributed by atoms with Gasteiger partial charge in [-0.3, -0.25) is 4.79 Å². The summed E-state index contributed by atoms with van der Waals surface area (Å²) in [7, 11) is 0. The third-order valence-electron chi connectivity index (χ3n) is 7.20. The maximum absolute atomic E-state index is 13.5. The van der Waals surface area contributed by atoms with Gasteiger partial charge in [-0.05, 0) is 62.1 Å². The maximum atomic E-state index is 13.5. The van der Waals surface area contributed by atoms with E-state index in [1.807, 2.05) is 4.57 Å². The van der Waals surface area contributed by atoms with Crippen LogP contribution < -0.4 is 5.32 Å². The van der Waals surface area contributed by atoms with E-state index in [0.717, 1.165) is 18.7 Å². The third kappa shape index (κ3) is 3.50. The molecule has 2 aromatic rings. The van der Waals surface area contributed by atoms with Crippen LogP contribution in [-0.2, 0) is 13.0 Å². The van der Waals surface area contributed by atoms with Crippen LogP contribution in [0, 0.1) is 17.7 Å². The van der Waals surface area contributed by atoms with Crippen molar-refractivity contribution in [2.24, 2.45) is 11.8 Å². The molecule has 0 saturated heterocycles. The summed E-state index contributed by atoms with van der Waals surface area (Å²) in [6.07, 6.45) is -2.73. The van der Waals surface area contributed by atoms with Gasteiger partial charge in [-0.25, -0.2) is 9.37 Å². The minimum Gasteiger partial charge on any atom is -0.380 e. The molecule has 0 spiro atoms. The largest absolute Gasteiger partial charge is 0.417 e. The lowest BCUT2D eigenvalue weighted by Crippen LogP contribution is -2.43. The number of benzene rings is 1. The highest BCUT2D eigenvalue weighted by Crippen LogP contribution is 2.57. The molecule has 0 radical (unpaired) electrons. The topological polar surface area (TPSA) is 67.2 Å². The summed E-state index contributed by atoms with van der Waals surface area (Å²) in [5, 5.41) is 12.7. The number of hydrogen-bond acceptors (Lipinski definition) is 3. The minimum atomic E-state index is -4.64. The van der Waals surface area contributed by atoms with Crippen LogP contribution in [0.25, 0.3) is 0 Å². The average Bonchev–Trinajstić information content (AvgIpc) is 3.42. The number of imidazole rings is 1. The second-order valence-electron chi connectivity index (χ2n) is 9.23. The second kappa shape index (κ2) is 7.45. The highest BCUT2D eigenvalue weighted by Gasteiger charge is 2.62. The van der Waals surface area contributed by atoms with Crippen LogP contribution in [0.3, 0.4) is 0 Å². The van der Waals surface area contributed by atoms with Crippen LogP contribution in [0.4, 0.5) is 23.2 Å². The predicted octanol–water partition coefficient (Wildman–Crippen LogP) is 5.07. The first-order valence-corrected chi connectivity index (χ1v) is 11.1. The minimum absolute atomic E-state index is 0.109. The number of carbonyl (C=O) groups is 1. The first-order valence-electron chi connectivity index (χ1n) is 10.7. The van der Waals surface area contributed by atoms with E-state index in [1.54, 1.807) is 0 Å². The third-order valence-corrected chi connectivity index (χ3v) is 7.49. The number of aryl methyl sites for hydroxylation is 1. The Morgan fingerprint density at radius 1 is 1.25 bits per heavy atom. The molecule has 172 valence electrons. The number of fused-ring (bicyclic) bond motifs is 2. The van der Waals surface area contributed by atoms with Crippen LogP contribution in [0.2, 0.25) is 5.02 Å². The van der Waals surface area contributed by atoms with Gasteiger partial charge in [0.1, 0.15) is 17.3 Å². The summed E-state index contributed by atoms with van der Waals surface area (Å²) < 4.78 is 55.1. The molecule has 1 amide bonds. The fourth-order valence-corrected chi connectivity index (χ4v) is 5.93. The van der Waals surface area contributed by atoms with E-state index >= 15 is 0 Å². The van der Waals surface area contributed by atoms with Crippen LogP contribution in [0.15, 0.2) is 18.2 Å². The SMILES string of the molecule is O=C(Nc1ccc(F)c(Cl)c1)c1c(C2CC3CC(O)(C(F)(F)F)CC3C2)nc2n1CCC2. The summed E-state index contributed by atoms with van der Waals surface area (Å²) in [5.74, 6) is -0.839. The fourth-order valence-electron chi connectivity index (χ4n) is 5.75. The molecule has 10 heteroatoms. The molecular formula is C22H22ClF4N3O2. The van der Waals surface area contributed by atoms with E-state index in [4.69, 9.17) is 16.6 Å². The monoisotopic (exact) mass is 471 g/mol.